The molecule has 410 valence electrons. The van der Waals surface area contributed by atoms with Gasteiger partial charge in [0.15, 0.2) is 17.5 Å². The lowest BCUT2D eigenvalue weighted by Crippen LogP contribution is -2.58. The van der Waals surface area contributed by atoms with Gasteiger partial charge in [-0.1, -0.05) is 83.7 Å². The van der Waals surface area contributed by atoms with Crippen LogP contribution in [-0.2, 0) is 27.3 Å². The number of nitrogens with two attached hydrogens (primary N) is 1. The number of amides is 1. The van der Waals surface area contributed by atoms with Gasteiger partial charge in [-0.05, 0) is 193 Å². The smallest absolute Gasteiger partial charge is 0.303 e. The second kappa shape index (κ2) is 19.2. The number of phenolic OH excluding ortho intramolecular Hbond substituents is 1. The number of rotatable bonds is 2. The van der Waals surface area contributed by atoms with Crippen molar-refractivity contribution in [2.24, 2.45) is 68.4 Å². The number of allylic oxidation sites excluding steroid dienone is 1. The predicted molar refractivity (Wildman–Crippen MR) is 302 cm³/mol. The van der Waals surface area contributed by atoms with E-state index in [1.54, 1.807) is 6.92 Å². The van der Waals surface area contributed by atoms with Crippen molar-refractivity contribution in [3.8, 4) is 11.5 Å². The van der Waals surface area contributed by atoms with Gasteiger partial charge >= 0.3 is 5.97 Å². The first kappa shape index (κ1) is 50.8. The summed E-state index contributed by atoms with van der Waals surface area (Å²) in [6, 6.07) is 13.1. The number of hydrogen-bond acceptors (Lipinski definition) is 11. The van der Waals surface area contributed by atoms with Crippen molar-refractivity contribution in [3.63, 3.8) is 0 Å². The summed E-state index contributed by atoms with van der Waals surface area (Å²) in [5.41, 5.74) is 10.4. The van der Waals surface area contributed by atoms with Gasteiger partial charge < -0.3 is 35.6 Å². The molecule has 2 aromatic rings. The summed E-state index contributed by atoms with van der Waals surface area (Å²) < 4.78 is 14.0. The van der Waals surface area contributed by atoms with Crippen LogP contribution in [0.2, 0.25) is 0 Å². The van der Waals surface area contributed by atoms with E-state index in [0.29, 0.717) is 73.1 Å². The number of nitrogens with zero attached hydrogens (tertiary/aromatic N) is 2. The molecule has 1 saturated heterocycles. The highest BCUT2D eigenvalue weighted by Crippen LogP contribution is 2.67. The van der Waals surface area contributed by atoms with Crippen LogP contribution in [0, 0.1) is 57.7 Å². The Morgan fingerprint density at radius 1 is 0.855 bits per heavy atom. The van der Waals surface area contributed by atoms with Gasteiger partial charge in [-0.2, -0.15) is 0 Å². The fourth-order valence-corrected chi connectivity index (χ4v) is 25.0. The number of nitrogens with one attached hydrogen (secondary N) is 1. The largest absolute Gasteiger partial charge is 0.504 e. The topological polar surface area (TPSA) is 147 Å². The maximum absolute atomic E-state index is 15.0. The van der Waals surface area contributed by atoms with Crippen LogP contribution < -0.4 is 15.8 Å². The Morgan fingerprint density at radius 3 is 2.43 bits per heavy atom. The Morgan fingerprint density at radius 2 is 1.62 bits per heavy atom. The molecule has 10 nitrogen and oxygen atoms in total. The Labute approximate surface area is 460 Å². The van der Waals surface area contributed by atoms with Crippen LogP contribution in [0.15, 0.2) is 53.5 Å². The first-order chi connectivity index (χ1) is 36.8. The monoisotopic (exact) mass is 1070 g/mol. The second-order valence-electron chi connectivity index (χ2n) is 27.7. The normalized spacial score (nSPS) is 42.0. The van der Waals surface area contributed by atoms with Crippen molar-refractivity contribution in [2.45, 2.75) is 214 Å². The van der Waals surface area contributed by atoms with Gasteiger partial charge in [0.1, 0.15) is 16.1 Å². The van der Waals surface area contributed by atoms with Crippen molar-refractivity contribution in [2.75, 3.05) is 18.8 Å². The number of ether oxygens (including phenoxy) is 2. The van der Waals surface area contributed by atoms with E-state index in [2.05, 4.69) is 75.5 Å². The molecule has 2 aromatic carbocycles. The van der Waals surface area contributed by atoms with Crippen molar-refractivity contribution < 1.29 is 29.3 Å². The van der Waals surface area contributed by atoms with Crippen molar-refractivity contribution in [1.29, 1.82) is 0 Å². The third kappa shape index (κ3) is 8.10. The SMILES string of the molecule is CC(=O)O[C@]12C[C@@H]3CC[C@H]1Cc1cc(c(O)c4c1[C@@H]1C=C[C@]5(CCC[C@@H]5C1)O4)CN1C[C@@]4(CC1=O)[C@H](CC[C@@H]4c1ccccc1)CN=C(N)N[C@@]1(CCCC14CCCC4)SSC[C@@H]1CC[C@H](CC14CCCC4)[C@H]3[C@H](O)C2. The van der Waals surface area contributed by atoms with Crippen LogP contribution in [0.4, 0.5) is 0 Å². The Bertz CT molecular complexity index is 2640. The number of phenols is 1. The van der Waals surface area contributed by atoms with Crippen molar-refractivity contribution >= 4 is 39.4 Å². The van der Waals surface area contributed by atoms with Crippen LogP contribution >= 0.6 is 21.6 Å². The number of hydrogen-bond donors (Lipinski definition) is 4. The molecule has 7 aliphatic heterocycles. The molecular weight excluding hydrogens is 985 g/mol. The molecule has 9 fully saturated rings. The van der Waals surface area contributed by atoms with E-state index in [4.69, 9.17) is 20.2 Å². The maximum atomic E-state index is 15.0. The van der Waals surface area contributed by atoms with Crippen LogP contribution in [0.25, 0.3) is 0 Å². The van der Waals surface area contributed by atoms with Crippen LogP contribution in [-0.4, -0.2) is 74.0 Å². The Hall–Kier alpha value is -3.35. The molecule has 5 spiro atoms. The molecule has 14 atom stereocenters. The number of guanidine groups is 1. The zero-order chi connectivity index (χ0) is 51.7. The fraction of sp³-hybridized carbons (Fsp3) is 0.734. The Kier molecular flexibility index (Phi) is 12.8. The standard InChI is InChI=1S/C64H86N4O6S2/c1-40(69)73-63-33-44-14-16-48(63)31-45-29-46(56(72)57-55(45)42-20-28-62(74-57)26-9-13-47(62)30-42)37-68-39-61(35-53(68)71)49(18-19-51(61)41-11-3-2-4-12-41)36-66-58(65)67-64(27-10-25-60(64)23-7-8-24-60)76-75-38-50-17-15-43(54(44)52(70)34-63)32-59(50)21-5-6-22-59/h2-4,11-12,20,28-29,42-44,47-52,54,70,72H,5-10,13-19,21-27,30-39H2,1H3,(H3,65,66,67)/t42-,43-,44+,47-,48+,49-,50+,51-,52-,54-,61+,62+,63+,64+/m1/s1. The van der Waals surface area contributed by atoms with Crippen molar-refractivity contribution in [1.82, 2.24) is 10.2 Å². The molecule has 0 aromatic heterocycles. The van der Waals surface area contributed by atoms with Gasteiger partial charge in [0.05, 0.1) is 6.10 Å². The molecule has 12 bridgehead atoms. The number of esters is 1. The zero-order valence-electron chi connectivity index (χ0n) is 45.4. The highest BCUT2D eigenvalue weighted by Gasteiger charge is 2.61. The fourth-order valence-electron chi connectivity index (χ4n) is 21.0. The van der Waals surface area contributed by atoms with Gasteiger partial charge in [0.25, 0.3) is 0 Å². The minimum Gasteiger partial charge on any atom is -0.504 e. The number of carbonyl (C=O) groups excluding carboxylic acids is 2. The summed E-state index contributed by atoms with van der Waals surface area (Å²) in [6.07, 6.45) is 32.0. The third-order valence-corrected chi connectivity index (χ3v) is 27.6. The maximum Gasteiger partial charge on any atom is 0.303 e. The quantitative estimate of drug-likeness (QED) is 0.130. The van der Waals surface area contributed by atoms with E-state index >= 15 is 0 Å². The molecule has 12 heteroatoms. The molecule has 18 rings (SSSR count). The van der Waals surface area contributed by atoms with Gasteiger partial charge in [-0.25, -0.2) is 0 Å². The molecule has 16 aliphatic rings. The summed E-state index contributed by atoms with van der Waals surface area (Å²) in [7, 11) is 4.25. The first-order valence-corrected chi connectivity index (χ1v) is 33.0. The van der Waals surface area contributed by atoms with Gasteiger partial charge in [0.2, 0.25) is 5.91 Å². The molecule has 7 heterocycles. The average Bonchev–Trinajstić information content (AvgIpc) is 4.40. The summed E-state index contributed by atoms with van der Waals surface area (Å²) in [5.74, 6) is 4.82. The van der Waals surface area contributed by atoms with E-state index in [-0.39, 0.29) is 69.5 Å². The van der Waals surface area contributed by atoms with Gasteiger partial charge in [0, 0.05) is 84.9 Å². The molecule has 5 N–H and O–H groups in total. The lowest BCUT2D eigenvalue weighted by molar-refractivity contribution is -0.201. The summed E-state index contributed by atoms with van der Waals surface area (Å²) in [6.45, 7) is 3.02. The van der Waals surface area contributed by atoms with Gasteiger partial charge in [-0.15, -0.1) is 0 Å². The number of benzene rings is 2. The number of aromatic hydroxyl groups is 1. The minimum atomic E-state index is -0.778. The third-order valence-electron chi connectivity index (χ3n) is 24.3. The summed E-state index contributed by atoms with van der Waals surface area (Å²) in [4.78, 5) is 35.7. The predicted octanol–water partition coefficient (Wildman–Crippen LogP) is 12.6. The van der Waals surface area contributed by atoms with E-state index in [1.165, 1.54) is 89.0 Å². The minimum absolute atomic E-state index is 0.00610. The zero-order valence-corrected chi connectivity index (χ0v) is 47.1. The molecule has 1 amide bonds. The lowest BCUT2D eigenvalue weighted by atomic mass is 9.51. The second-order valence-corrected chi connectivity index (χ2v) is 30.3. The number of aliphatic hydroxyl groups is 1. The molecular formula is C64H86N4O6S2. The average molecular weight is 1070 g/mol. The van der Waals surface area contributed by atoms with Crippen molar-refractivity contribution in [3.05, 3.63) is 70.8 Å². The molecule has 9 aliphatic carbocycles. The molecule has 0 unspecified atom stereocenters. The van der Waals surface area contributed by atoms with E-state index in [0.717, 1.165) is 86.7 Å². The first-order valence-electron chi connectivity index (χ1n) is 30.7. The van der Waals surface area contributed by atoms with Crippen LogP contribution in [0.3, 0.4) is 0 Å². The Balaban J connectivity index is 0.870. The van der Waals surface area contributed by atoms with Crippen LogP contribution in [0.5, 0.6) is 11.5 Å². The molecule has 8 saturated carbocycles. The highest BCUT2D eigenvalue weighted by atomic mass is 33.1. The van der Waals surface area contributed by atoms with E-state index in [1.807, 2.05) is 4.90 Å². The summed E-state index contributed by atoms with van der Waals surface area (Å²) in [5, 5.41) is 29.7. The molecule has 0 radical (unpaired) electrons. The lowest BCUT2D eigenvalue weighted by Gasteiger charge is -2.57. The van der Waals surface area contributed by atoms with Gasteiger partial charge in [-0.3, -0.25) is 14.6 Å². The van der Waals surface area contributed by atoms with E-state index in [9.17, 15) is 19.8 Å². The molecule has 76 heavy (non-hydrogen) atoms. The summed E-state index contributed by atoms with van der Waals surface area (Å²) >= 11 is 0. The highest BCUT2D eigenvalue weighted by molar-refractivity contribution is 8.77. The number of carbonyl (C=O) groups is 2. The number of aliphatic hydroxyl groups excluding tert-OH is 1. The number of aliphatic imine (C=N–C) groups is 1. The van der Waals surface area contributed by atoms with Crippen LogP contribution in [0.1, 0.15) is 202 Å². The van der Waals surface area contributed by atoms with E-state index < -0.39 is 17.3 Å².